The van der Waals surface area contributed by atoms with Crippen LogP contribution in [0.3, 0.4) is 0 Å². The molecule has 1 aromatic heterocycles. The van der Waals surface area contributed by atoms with E-state index in [4.69, 9.17) is 0 Å². The number of esters is 1. The van der Waals surface area contributed by atoms with Crippen molar-refractivity contribution in [2.45, 2.75) is 0 Å². The summed E-state index contributed by atoms with van der Waals surface area (Å²) >= 11 is 1.32. The van der Waals surface area contributed by atoms with Crippen LogP contribution in [0.1, 0.15) is 10.4 Å². The van der Waals surface area contributed by atoms with Crippen molar-refractivity contribution < 1.29 is 14.3 Å². The number of anilines is 1. The Morgan fingerprint density at radius 1 is 1.36 bits per heavy atom. The van der Waals surface area contributed by atoms with Gasteiger partial charge in [0.1, 0.15) is 0 Å². The molecule has 6 nitrogen and oxygen atoms in total. The third-order valence-electron chi connectivity index (χ3n) is 2.73. The number of urea groups is 1. The lowest BCUT2D eigenvalue weighted by atomic mass is 10.1. The Morgan fingerprint density at radius 2 is 2.09 bits per heavy atom. The number of nitrogens with one attached hydrogen (secondary N) is 2. The van der Waals surface area contributed by atoms with Gasteiger partial charge < -0.3 is 10.1 Å². The number of rotatable bonds is 5. The summed E-state index contributed by atoms with van der Waals surface area (Å²) in [5.74, 6) is -0.383. The van der Waals surface area contributed by atoms with Crippen molar-refractivity contribution in [2.24, 2.45) is 0 Å². The van der Waals surface area contributed by atoms with Crippen LogP contribution >= 0.6 is 11.3 Å². The highest BCUT2D eigenvalue weighted by Gasteiger charge is 2.09. The maximum absolute atomic E-state index is 11.5. The molecule has 0 saturated carbocycles. The summed E-state index contributed by atoms with van der Waals surface area (Å²) in [5.41, 5.74) is 2.05. The van der Waals surface area contributed by atoms with Gasteiger partial charge in [-0.15, -0.1) is 17.9 Å². The minimum absolute atomic E-state index is 0.332. The van der Waals surface area contributed by atoms with Crippen LogP contribution in [0.15, 0.2) is 42.3 Å². The molecule has 114 valence electrons. The van der Waals surface area contributed by atoms with Crippen LogP contribution in [-0.2, 0) is 4.74 Å². The Morgan fingerprint density at radius 3 is 2.73 bits per heavy atom. The maximum Gasteiger partial charge on any atom is 0.337 e. The number of aromatic nitrogens is 1. The average Bonchev–Trinajstić information content (AvgIpc) is 3.00. The van der Waals surface area contributed by atoms with Crippen molar-refractivity contribution in [3.05, 3.63) is 47.9 Å². The highest BCUT2D eigenvalue weighted by Crippen LogP contribution is 2.25. The highest BCUT2D eigenvalue weighted by molar-refractivity contribution is 7.14. The SMILES string of the molecule is C=CCNC(=O)Nc1nc(-c2ccc(C(=O)OC)cc2)cs1. The molecule has 0 saturated heterocycles. The van der Waals surface area contributed by atoms with Gasteiger partial charge in [0.05, 0.1) is 18.4 Å². The van der Waals surface area contributed by atoms with Gasteiger partial charge in [-0.1, -0.05) is 18.2 Å². The second-order valence-corrected chi connectivity index (χ2v) is 5.09. The summed E-state index contributed by atoms with van der Waals surface area (Å²) in [6, 6.07) is 6.57. The lowest BCUT2D eigenvalue weighted by molar-refractivity contribution is 0.0600. The van der Waals surface area contributed by atoms with Crippen LogP contribution in [0.2, 0.25) is 0 Å². The predicted octanol–water partition coefficient (Wildman–Crippen LogP) is 2.90. The first-order chi connectivity index (χ1) is 10.6. The first kappa shape index (κ1) is 15.7. The number of nitrogens with zero attached hydrogens (tertiary/aromatic N) is 1. The third-order valence-corrected chi connectivity index (χ3v) is 3.49. The summed E-state index contributed by atoms with van der Waals surface area (Å²) in [6.07, 6.45) is 1.59. The second-order valence-electron chi connectivity index (χ2n) is 4.23. The van der Waals surface area contributed by atoms with Gasteiger partial charge in [-0.3, -0.25) is 5.32 Å². The van der Waals surface area contributed by atoms with E-state index in [9.17, 15) is 9.59 Å². The number of hydrogen-bond acceptors (Lipinski definition) is 5. The Bertz CT molecular complexity index is 680. The topological polar surface area (TPSA) is 80.3 Å². The smallest absolute Gasteiger partial charge is 0.337 e. The Labute approximate surface area is 131 Å². The first-order valence-electron chi connectivity index (χ1n) is 6.44. The van der Waals surface area contributed by atoms with E-state index in [2.05, 4.69) is 26.9 Å². The van der Waals surface area contributed by atoms with E-state index in [1.807, 2.05) is 5.38 Å². The number of thiazole rings is 1. The molecule has 0 bridgehead atoms. The van der Waals surface area contributed by atoms with Gasteiger partial charge in [0.15, 0.2) is 5.13 Å². The molecule has 0 radical (unpaired) electrons. The minimum Gasteiger partial charge on any atom is -0.465 e. The van der Waals surface area contributed by atoms with E-state index in [0.29, 0.717) is 17.2 Å². The van der Waals surface area contributed by atoms with E-state index in [-0.39, 0.29) is 12.0 Å². The Hall–Kier alpha value is -2.67. The van der Waals surface area contributed by atoms with Gasteiger partial charge in [0.25, 0.3) is 0 Å². The minimum atomic E-state index is -0.383. The number of amides is 2. The van der Waals surface area contributed by atoms with Crippen molar-refractivity contribution in [2.75, 3.05) is 19.0 Å². The Balaban J connectivity index is 2.06. The standard InChI is InChI=1S/C15H15N3O3S/c1-3-8-16-14(20)18-15-17-12(9-22-15)10-4-6-11(7-5-10)13(19)21-2/h3-7,9H,1,8H2,2H3,(H2,16,17,18,20). The molecule has 0 unspecified atom stereocenters. The molecule has 1 aromatic carbocycles. The molecule has 0 aliphatic carbocycles. The fourth-order valence-electron chi connectivity index (χ4n) is 1.66. The van der Waals surface area contributed by atoms with Crippen molar-refractivity contribution in [1.29, 1.82) is 0 Å². The maximum atomic E-state index is 11.5. The van der Waals surface area contributed by atoms with Gasteiger partial charge in [-0.05, 0) is 12.1 Å². The van der Waals surface area contributed by atoms with Gasteiger partial charge >= 0.3 is 12.0 Å². The molecule has 2 amide bonds. The van der Waals surface area contributed by atoms with Crippen LogP contribution in [0, 0.1) is 0 Å². The quantitative estimate of drug-likeness (QED) is 0.656. The molecule has 0 aliphatic heterocycles. The zero-order chi connectivity index (χ0) is 15.9. The average molecular weight is 317 g/mol. The van der Waals surface area contributed by atoms with Gasteiger partial charge in [-0.2, -0.15) is 0 Å². The van der Waals surface area contributed by atoms with Crippen LogP contribution in [0.5, 0.6) is 0 Å². The lowest BCUT2D eigenvalue weighted by Gasteiger charge is -2.02. The van der Waals surface area contributed by atoms with Crippen LogP contribution in [0.25, 0.3) is 11.3 Å². The summed E-state index contributed by atoms with van der Waals surface area (Å²) in [4.78, 5) is 27.2. The first-order valence-corrected chi connectivity index (χ1v) is 7.32. The van der Waals surface area contributed by atoms with E-state index in [1.165, 1.54) is 18.4 Å². The van der Waals surface area contributed by atoms with Crippen molar-refractivity contribution in [3.63, 3.8) is 0 Å². The lowest BCUT2D eigenvalue weighted by Crippen LogP contribution is -2.28. The fraction of sp³-hybridized carbons (Fsp3) is 0.133. The summed E-state index contributed by atoms with van der Waals surface area (Å²) in [5, 5.41) is 7.57. The zero-order valence-electron chi connectivity index (χ0n) is 12.0. The summed E-state index contributed by atoms with van der Waals surface area (Å²) in [6.45, 7) is 3.91. The number of hydrogen-bond donors (Lipinski definition) is 2. The molecule has 7 heteroatoms. The molecule has 1 heterocycles. The van der Waals surface area contributed by atoms with Gasteiger partial charge in [0, 0.05) is 17.5 Å². The van der Waals surface area contributed by atoms with Crippen molar-refractivity contribution >= 4 is 28.5 Å². The highest BCUT2D eigenvalue weighted by atomic mass is 32.1. The predicted molar refractivity (Wildman–Crippen MR) is 86.1 cm³/mol. The van der Waals surface area contributed by atoms with Gasteiger partial charge in [0.2, 0.25) is 0 Å². The van der Waals surface area contributed by atoms with Crippen LogP contribution in [-0.4, -0.2) is 30.6 Å². The number of ether oxygens (including phenoxy) is 1. The molecular formula is C15H15N3O3S. The van der Waals surface area contributed by atoms with E-state index >= 15 is 0 Å². The van der Waals surface area contributed by atoms with Crippen molar-refractivity contribution in [1.82, 2.24) is 10.3 Å². The molecule has 0 fully saturated rings. The molecular weight excluding hydrogens is 302 g/mol. The van der Waals surface area contributed by atoms with Crippen molar-refractivity contribution in [3.8, 4) is 11.3 Å². The number of benzene rings is 1. The summed E-state index contributed by atoms with van der Waals surface area (Å²) < 4.78 is 4.65. The molecule has 0 aliphatic rings. The van der Waals surface area contributed by atoms with Gasteiger partial charge in [-0.25, -0.2) is 14.6 Å². The molecule has 0 atom stereocenters. The Kier molecular flexibility index (Phi) is 5.26. The zero-order valence-corrected chi connectivity index (χ0v) is 12.8. The molecule has 22 heavy (non-hydrogen) atoms. The number of carbonyl (C=O) groups excluding carboxylic acids is 2. The van der Waals surface area contributed by atoms with E-state index < -0.39 is 0 Å². The second kappa shape index (κ2) is 7.37. The van der Waals surface area contributed by atoms with Crippen LogP contribution in [0.4, 0.5) is 9.93 Å². The number of carbonyl (C=O) groups is 2. The molecule has 2 rings (SSSR count). The number of methoxy groups -OCH3 is 1. The molecule has 0 spiro atoms. The summed E-state index contributed by atoms with van der Waals surface area (Å²) in [7, 11) is 1.34. The van der Waals surface area contributed by atoms with E-state index in [1.54, 1.807) is 30.3 Å². The monoisotopic (exact) mass is 317 g/mol. The third kappa shape index (κ3) is 3.92. The van der Waals surface area contributed by atoms with Crippen LogP contribution < -0.4 is 10.6 Å². The largest absolute Gasteiger partial charge is 0.465 e. The molecule has 2 N–H and O–H groups in total. The van der Waals surface area contributed by atoms with E-state index in [0.717, 1.165) is 11.3 Å². The normalized spacial score (nSPS) is 9.86. The molecule has 2 aromatic rings. The fourth-order valence-corrected chi connectivity index (χ4v) is 2.38.